The number of ether oxygens (including phenoxy) is 1. The molecular formula is C18H23FN4O2. The first-order chi connectivity index (χ1) is 12.0. The van der Waals surface area contributed by atoms with Gasteiger partial charge in [-0.2, -0.15) is 0 Å². The van der Waals surface area contributed by atoms with Crippen molar-refractivity contribution in [2.45, 2.75) is 45.4 Å². The summed E-state index contributed by atoms with van der Waals surface area (Å²) < 4.78 is 21.6. The third kappa shape index (κ3) is 4.17. The maximum atomic E-state index is 14.3. The molecular weight excluding hydrogens is 323 g/mol. The second-order valence-electron chi connectivity index (χ2n) is 6.30. The molecule has 1 fully saturated rings. The molecule has 1 saturated heterocycles. The van der Waals surface area contributed by atoms with Crippen molar-refractivity contribution in [2.24, 2.45) is 0 Å². The van der Waals surface area contributed by atoms with Gasteiger partial charge in [-0.3, -0.25) is 0 Å². The molecule has 0 radical (unpaired) electrons. The summed E-state index contributed by atoms with van der Waals surface area (Å²) >= 11 is 0. The smallest absolute Gasteiger partial charge is 0.315 e. The Balaban J connectivity index is 1.55. The average Bonchev–Trinajstić information content (AvgIpc) is 3.25. The highest BCUT2D eigenvalue weighted by Gasteiger charge is 2.23. The number of benzene rings is 1. The van der Waals surface area contributed by atoms with Crippen LogP contribution < -0.4 is 10.6 Å². The van der Waals surface area contributed by atoms with Crippen molar-refractivity contribution in [1.82, 2.24) is 20.2 Å². The third-order valence-electron chi connectivity index (χ3n) is 4.43. The molecule has 2 heterocycles. The Morgan fingerprint density at radius 2 is 2.36 bits per heavy atom. The lowest BCUT2D eigenvalue weighted by atomic mass is 10.1. The summed E-state index contributed by atoms with van der Waals surface area (Å²) in [5, 5.41) is 5.62. The molecule has 6 nitrogen and oxygen atoms in total. The number of urea groups is 1. The Hall–Kier alpha value is -2.41. The van der Waals surface area contributed by atoms with Gasteiger partial charge in [-0.1, -0.05) is 6.07 Å². The van der Waals surface area contributed by atoms with Gasteiger partial charge in [-0.15, -0.1) is 0 Å². The lowest BCUT2D eigenvalue weighted by Crippen LogP contribution is -2.45. The zero-order valence-electron chi connectivity index (χ0n) is 14.5. The molecule has 1 aromatic carbocycles. The summed E-state index contributed by atoms with van der Waals surface area (Å²) in [6, 6.07) is 4.58. The van der Waals surface area contributed by atoms with E-state index in [1.807, 2.05) is 13.8 Å². The van der Waals surface area contributed by atoms with Crippen molar-refractivity contribution < 1.29 is 13.9 Å². The van der Waals surface area contributed by atoms with Gasteiger partial charge in [0.25, 0.3) is 0 Å². The zero-order valence-corrected chi connectivity index (χ0v) is 14.5. The first-order valence-corrected chi connectivity index (χ1v) is 8.49. The highest BCUT2D eigenvalue weighted by molar-refractivity contribution is 5.74. The fourth-order valence-corrected chi connectivity index (χ4v) is 3.02. The minimum absolute atomic E-state index is 0.0502. The highest BCUT2D eigenvalue weighted by atomic mass is 19.1. The monoisotopic (exact) mass is 346 g/mol. The molecule has 1 aliphatic rings. The number of hydrogen-bond acceptors (Lipinski definition) is 3. The molecule has 2 N–H and O–H groups in total. The molecule has 2 aromatic rings. The summed E-state index contributed by atoms with van der Waals surface area (Å²) in [5.41, 5.74) is 1.13. The van der Waals surface area contributed by atoms with Crippen molar-refractivity contribution in [3.8, 4) is 5.69 Å². The normalized spacial score (nSPS) is 18.1. The van der Waals surface area contributed by atoms with Crippen molar-refractivity contribution >= 4 is 6.03 Å². The van der Waals surface area contributed by atoms with Crippen LogP contribution in [0.15, 0.2) is 30.6 Å². The summed E-state index contributed by atoms with van der Waals surface area (Å²) in [4.78, 5) is 16.1. The van der Waals surface area contributed by atoms with E-state index in [1.54, 1.807) is 29.1 Å². The van der Waals surface area contributed by atoms with Crippen LogP contribution >= 0.6 is 0 Å². The Morgan fingerprint density at radius 3 is 3.00 bits per heavy atom. The lowest BCUT2D eigenvalue weighted by molar-refractivity contribution is 0.0860. The Bertz CT molecular complexity index is 740. The van der Waals surface area contributed by atoms with Gasteiger partial charge in [-0.25, -0.2) is 14.2 Å². The molecule has 3 rings (SSSR count). The Kier molecular flexibility index (Phi) is 5.33. The fraction of sp³-hybridized carbons (Fsp3) is 0.444. The van der Waals surface area contributed by atoms with Crippen LogP contribution in [0.2, 0.25) is 0 Å². The predicted octanol–water partition coefficient (Wildman–Crippen LogP) is 2.69. The first kappa shape index (κ1) is 17.4. The van der Waals surface area contributed by atoms with Gasteiger partial charge < -0.3 is 19.9 Å². The van der Waals surface area contributed by atoms with Gasteiger partial charge in [-0.05, 0) is 44.4 Å². The van der Waals surface area contributed by atoms with Crippen LogP contribution in [0.4, 0.5) is 9.18 Å². The van der Waals surface area contributed by atoms with Crippen LogP contribution in [0.1, 0.15) is 31.2 Å². The van der Waals surface area contributed by atoms with Crippen LogP contribution in [0.5, 0.6) is 0 Å². The summed E-state index contributed by atoms with van der Waals surface area (Å²) in [6.07, 6.45) is 5.40. The molecule has 2 amide bonds. The number of nitrogens with one attached hydrogen (secondary N) is 2. The predicted molar refractivity (Wildman–Crippen MR) is 92.1 cm³/mol. The van der Waals surface area contributed by atoms with Crippen molar-refractivity contribution in [3.63, 3.8) is 0 Å². The van der Waals surface area contributed by atoms with Gasteiger partial charge in [0, 0.05) is 25.5 Å². The number of halogens is 1. The van der Waals surface area contributed by atoms with Crippen LogP contribution in [-0.4, -0.2) is 34.3 Å². The van der Waals surface area contributed by atoms with Gasteiger partial charge in [0.1, 0.15) is 11.6 Å². The highest BCUT2D eigenvalue weighted by Crippen LogP contribution is 2.17. The molecule has 134 valence electrons. The summed E-state index contributed by atoms with van der Waals surface area (Å²) in [6.45, 7) is 4.75. The van der Waals surface area contributed by atoms with E-state index in [9.17, 15) is 9.18 Å². The van der Waals surface area contributed by atoms with Gasteiger partial charge >= 0.3 is 6.03 Å². The summed E-state index contributed by atoms with van der Waals surface area (Å²) in [7, 11) is 0. The number of rotatable bonds is 5. The minimum atomic E-state index is -0.353. The molecule has 0 bridgehead atoms. The number of hydrogen-bond donors (Lipinski definition) is 2. The first-order valence-electron chi connectivity index (χ1n) is 8.49. The molecule has 7 heteroatoms. The molecule has 0 spiro atoms. The van der Waals surface area contributed by atoms with E-state index >= 15 is 0 Å². The standard InChI is InChI=1S/C18H23FN4O2/c1-12(17-4-3-9-25-17)22-18(24)21-11-14-5-6-16(15(19)10-14)23-8-7-20-13(23)2/h5-8,10,12,17H,3-4,9,11H2,1-2H3,(H2,21,22,24)/t12-,17-/m1/s1. The maximum absolute atomic E-state index is 14.3. The molecule has 2 atom stereocenters. The average molecular weight is 346 g/mol. The molecule has 0 aliphatic carbocycles. The number of carbonyl (C=O) groups is 1. The van der Waals surface area contributed by atoms with Crippen LogP contribution in [0.25, 0.3) is 5.69 Å². The minimum Gasteiger partial charge on any atom is -0.376 e. The second-order valence-corrected chi connectivity index (χ2v) is 6.30. The number of nitrogens with zero attached hydrogens (tertiary/aromatic N) is 2. The third-order valence-corrected chi connectivity index (χ3v) is 4.43. The number of amides is 2. The molecule has 0 saturated carbocycles. The molecule has 0 unspecified atom stereocenters. The quantitative estimate of drug-likeness (QED) is 0.875. The Morgan fingerprint density at radius 1 is 1.52 bits per heavy atom. The lowest BCUT2D eigenvalue weighted by Gasteiger charge is -2.20. The van der Waals surface area contributed by atoms with Crippen molar-refractivity contribution in [1.29, 1.82) is 0 Å². The molecule has 25 heavy (non-hydrogen) atoms. The largest absolute Gasteiger partial charge is 0.376 e. The van der Waals surface area contributed by atoms with Crippen LogP contribution in [0, 0.1) is 12.7 Å². The van der Waals surface area contributed by atoms with E-state index in [1.165, 1.54) is 6.07 Å². The van der Waals surface area contributed by atoms with Crippen LogP contribution in [-0.2, 0) is 11.3 Å². The zero-order chi connectivity index (χ0) is 17.8. The fourth-order valence-electron chi connectivity index (χ4n) is 3.02. The van der Waals surface area contributed by atoms with E-state index < -0.39 is 0 Å². The maximum Gasteiger partial charge on any atom is 0.315 e. The molecule has 1 aliphatic heterocycles. The molecule has 1 aromatic heterocycles. The van der Waals surface area contributed by atoms with Crippen molar-refractivity contribution in [2.75, 3.05) is 6.61 Å². The van der Waals surface area contributed by atoms with E-state index in [4.69, 9.17) is 4.74 Å². The van der Waals surface area contributed by atoms with E-state index in [2.05, 4.69) is 15.6 Å². The van der Waals surface area contributed by atoms with Gasteiger partial charge in [0.05, 0.1) is 17.8 Å². The Labute approximate surface area is 146 Å². The van der Waals surface area contributed by atoms with Gasteiger partial charge in [0.15, 0.2) is 0 Å². The van der Waals surface area contributed by atoms with Crippen LogP contribution in [0.3, 0.4) is 0 Å². The second kappa shape index (κ2) is 7.65. The van der Waals surface area contributed by atoms with E-state index in [0.717, 1.165) is 19.4 Å². The van der Waals surface area contributed by atoms with E-state index in [0.29, 0.717) is 17.1 Å². The van der Waals surface area contributed by atoms with E-state index in [-0.39, 0.29) is 30.5 Å². The SMILES string of the molecule is Cc1nccn1-c1ccc(CNC(=O)N[C@H](C)[C@H]2CCCO2)cc1F. The van der Waals surface area contributed by atoms with Crippen molar-refractivity contribution in [3.05, 3.63) is 47.8 Å². The topological polar surface area (TPSA) is 68.2 Å². The number of aryl methyl sites for hydroxylation is 1. The number of imidazole rings is 1. The number of aromatic nitrogens is 2. The summed E-state index contributed by atoms with van der Waals surface area (Å²) in [5.74, 6) is 0.362. The number of carbonyl (C=O) groups excluding carboxylic acids is 1. The van der Waals surface area contributed by atoms with Gasteiger partial charge in [0.2, 0.25) is 0 Å².